The van der Waals surface area contributed by atoms with Crippen LogP contribution in [0.25, 0.3) is 0 Å². The molecule has 0 saturated heterocycles. The van der Waals surface area contributed by atoms with Crippen LogP contribution in [0.2, 0.25) is 10.0 Å². The Morgan fingerprint density at radius 1 is 0.971 bits per heavy atom. The average Bonchev–Trinajstić information content (AvgIpc) is 2.71. The van der Waals surface area contributed by atoms with Gasteiger partial charge >= 0.3 is 0 Å². The third-order valence-electron chi connectivity index (χ3n) is 8.13. The molecule has 1 N–H and O–H groups in total. The molecule has 2 aromatic carbocycles. The quantitative estimate of drug-likeness (QED) is 0.394. The monoisotopic (exact) mass is 505 g/mol. The van der Waals surface area contributed by atoms with E-state index in [-0.39, 0.29) is 12.1 Å². The van der Waals surface area contributed by atoms with Gasteiger partial charge in [-0.3, -0.25) is 0 Å². The Bertz CT molecular complexity index is 1050. The van der Waals surface area contributed by atoms with E-state index in [0.29, 0.717) is 51.1 Å². The summed E-state index contributed by atoms with van der Waals surface area (Å²) in [5.74, 6) is 1.54. The number of ether oxygens (including phenoxy) is 2. The van der Waals surface area contributed by atoms with Gasteiger partial charge in [0, 0.05) is 28.7 Å². The molecule has 2 aromatic rings. The summed E-state index contributed by atoms with van der Waals surface area (Å²) in [4.78, 5) is 0. The summed E-state index contributed by atoms with van der Waals surface area (Å²) in [7, 11) is 0. The van der Waals surface area contributed by atoms with Gasteiger partial charge in [-0.05, 0) is 86.0 Å². The van der Waals surface area contributed by atoms with E-state index in [9.17, 15) is 4.39 Å². The highest BCUT2D eigenvalue weighted by molar-refractivity contribution is 6.31. The maximum absolute atomic E-state index is 14.2. The molecule has 0 radical (unpaired) electrons. The maximum Gasteiger partial charge on any atom is 0.163 e. The van der Waals surface area contributed by atoms with Gasteiger partial charge in [0.05, 0.1) is 11.6 Å². The molecule has 34 heavy (non-hydrogen) atoms. The number of nitrogens with one attached hydrogen (secondary N) is 1. The normalized spacial score (nSPS) is 31.6. The van der Waals surface area contributed by atoms with Crippen molar-refractivity contribution < 1.29 is 13.9 Å². The lowest BCUT2D eigenvalue weighted by Gasteiger charge is -2.65. The van der Waals surface area contributed by atoms with Crippen LogP contribution in [0.4, 0.5) is 4.39 Å². The van der Waals surface area contributed by atoms with Gasteiger partial charge in [0.1, 0.15) is 12.4 Å². The van der Waals surface area contributed by atoms with Gasteiger partial charge < -0.3 is 14.8 Å². The molecule has 184 valence electrons. The summed E-state index contributed by atoms with van der Waals surface area (Å²) in [5, 5.41) is 4.90. The van der Waals surface area contributed by atoms with Crippen molar-refractivity contribution in [2.24, 2.45) is 16.7 Å². The minimum atomic E-state index is -0.393. The van der Waals surface area contributed by atoms with E-state index >= 15 is 0 Å². The zero-order chi connectivity index (χ0) is 24.1. The first-order valence-corrected chi connectivity index (χ1v) is 13.1. The molecular formula is C28H34Cl2FNO2. The summed E-state index contributed by atoms with van der Waals surface area (Å²) in [6, 6.07) is 8.35. The Hall–Kier alpha value is -1.49. The Kier molecular flexibility index (Phi) is 6.32. The number of benzene rings is 2. The molecule has 6 rings (SSSR count). The van der Waals surface area contributed by atoms with E-state index in [2.05, 4.69) is 19.2 Å². The number of halogens is 3. The van der Waals surface area contributed by atoms with Gasteiger partial charge in [-0.15, -0.1) is 0 Å². The maximum atomic E-state index is 14.2. The Balaban J connectivity index is 1.33. The Labute approximate surface area is 212 Å². The van der Waals surface area contributed by atoms with Crippen LogP contribution in [0, 0.1) is 22.6 Å². The zero-order valence-electron chi connectivity index (χ0n) is 20.3. The van der Waals surface area contributed by atoms with Crippen molar-refractivity contribution in [3.8, 4) is 11.5 Å². The first-order chi connectivity index (χ1) is 16.1. The summed E-state index contributed by atoms with van der Waals surface area (Å²) in [5.41, 5.74) is 2.40. The standard InChI is InChI=1S/C28H34Cl2FNO2/c1-4-33-24-8-19(22(30)9-25(24)34-14-20-21(29)6-5-7-23(20)31)13-32-28-12-18-10-26(2,16-28)15-27(3,11-18)17-28/h5-9,18,32H,4,10-17H2,1-3H3. The molecule has 4 aliphatic rings. The molecule has 0 amide bonds. The molecule has 4 saturated carbocycles. The number of rotatable bonds is 8. The Morgan fingerprint density at radius 3 is 2.32 bits per heavy atom. The van der Waals surface area contributed by atoms with Crippen molar-refractivity contribution in [1.29, 1.82) is 0 Å². The first-order valence-electron chi connectivity index (χ1n) is 12.4. The predicted octanol–water partition coefficient (Wildman–Crippen LogP) is 7.95. The molecule has 2 unspecified atom stereocenters. The molecule has 4 aliphatic carbocycles. The van der Waals surface area contributed by atoms with Crippen molar-refractivity contribution in [3.63, 3.8) is 0 Å². The molecule has 4 bridgehead atoms. The topological polar surface area (TPSA) is 30.5 Å². The van der Waals surface area contributed by atoms with Crippen molar-refractivity contribution in [3.05, 3.63) is 57.3 Å². The fourth-order valence-corrected chi connectivity index (χ4v) is 8.28. The second-order valence-electron chi connectivity index (χ2n) is 11.6. The van der Waals surface area contributed by atoms with E-state index < -0.39 is 5.82 Å². The van der Waals surface area contributed by atoms with E-state index in [0.717, 1.165) is 11.5 Å². The fraction of sp³-hybridized carbons (Fsp3) is 0.571. The highest BCUT2D eigenvalue weighted by Crippen LogP contribution is 2.66. The van der Waals surface area contributed by atoms with Gasteiger partial charge in [0.25, 0.3) is 0 Å². The van der Waals surface area contributed by atoms with Crippen molar-refractivity contribution in [2.45, 2.75) is 78.0 Å². The van der Waals surface area contributed by atoms with Crippen LogP contribution >= 0.6 is 23.2 Å². The van der Waals surface area contributed by atoms with Crippen LogP contribution in [0.3, 0.4) is 0 Å². The summed E-state index contributed by atoms with van der Waals surface area (Å²) in [6.07, 6.45) is 7.85. The highest BCUT2D eigenvalue weighted by atomic mass is 35.5. The van der Waals surface area contributed by atoms with Gasteiger partial charge in [0.2, 0.25) is 0 Å². The highest BCUT2D eigenvalue weighted by Gasteiger charge is 2.59. The van der Waals surface area contributed by atoms with E-state index in [4.69, 9.17) is 32.7 Å². The average molecular weight is 506 g/mol. The van der Waals surface area contributed by atoms with Crippen molar-refractivity contribution in [2.75, 3.05) is 6.61 Å². The fourth-order valence-electron chi connectivity index (χ4n) is 7.84. The molecule has 0 heterocycles. The molecule has 0 aromatic heterocycles. The van der Waals surface area contributed by atoms with Gasteiger partial charge in [-0.2, -0.15) is 0 Å². The van der Waals surface area contributed by atoms with Crippen LogP contribution in [-0.4, -0.2) is 12.1 Å². The summed E-state index contributed by atoms with van der Waals surface area (Å²) in [6.45, 7) is 8.09. The lowest BCUT2D eigenvalue weighted by molar-refractivity contribution is -0.118. The van der Waals surface area contributed by atoms with Gasteiger partial charge in [-0.1, -0.05) is 43.1 Å². The van der Waals surface area contributed by atoms with Crippen LogP contribution in [-0.2, 0) is 13.2 Å². The molecule has 6 heteroatoms. The number of hydrogen-bond donors (Lipinski definition) is 1. The van der Waals surface area contributed by atoms with E-state index in [1.54, 1.807) is 18.2 Å². The lowest BCUT2D eigenvalue weighted by Crippen LogP contribution is -2.63. The SMILES string of the molecule is CCOc1cc(CNC23CC4CC(C)(CC(C)(C4)C2)C3)c(Cl)cc1OCc1c(F)cccc1Cl. The minimum Gasteiger partial charge on any atom is -0.490 e. The molecule has 3 nitrogen and oxygen atoms in total. The third kappa shape index (κ3) is 4.66. The van der Waals surface area contributed by atoms with Crippen LogP contribution in [0.15, 0.2) is 30.3 Å². The summed E-state index contributed by atoms with van der Waals surface area (Å²) < 4.78 is 26.0. The lowest BCUT2D eigenvalue weighted by atomic mass is 9.43. The zero-order valence-corrected chi connectivity index (χ0v) is 21.8. The smallest absolute Gasteiger partial charge is 0.163 e. The first kappa shape index (κ1) is 24.2. The molecular weight excluding hydrogens is 472 g/mol. The third-order valence-corrected chi connectivity index (χ3v) is 8.83. The van der Waals surface area contributed by atoms with Gasteiger partial charge in [0.15, 0.2) is 11.5 Å². The molecule has 0 aliphatic heterocycles. The second kappa shape index (κ2) is 8.87. The molecule has 4 fully saturated rings. The largest absolute Gasteiger partial charge is 0.490 e. The summed E-state index contributed by atoms with van der Waals surface area (Å²) >= 11 is 12.9. The minimum absolute atomic E-state index is 0.00116. The molecule has 2 atom stereocenters. The van der Waals surface area contributed by atoms with E-state index in [1.807, 2.05) is 13.0 Å². The molecule has 0 spiro atoms. The second-order valence-corrected chi connectivity index (χ2v) is 12.4. The van der Waals surface area contributed by atoms with Crippen molar-refractivity contribution >= 4 is 23.2 Å². The van der Waals surface area contributed by atoms with Crippen LogP contribution in [0.1, 0.15) is 70.4 Å². The van der Waals surface area contributed by atoms with Gasteiger partial charge in [-0.25, -0.2) is 4.39 Å². The van der Waals surface area contributed by atoms with Crippen LogP contribution in [0.5, 0.6) is 11.5 Å². The number of hydrogen-bond acceptors (Lipinski definition) is 3. The Morgan fingerprint density at radius 2 is 1.68 bits per heavy atom. The predicted molar refractivity (Wildman–Crippen MR) is 135 cm³/mol. The van der Waals surface area contributed by atoms with Crippen molar-refractivity contribution in [1.82, 2.24) is 5.32 Å². The van der Waals surface area contributed by atoms with E-state index in [1.165, 1.54) is 44.6 Å². The van der Waals surface area contributed by atoms with Crippen LogP contribution < -0.4 is 14.8 Å².